The van der Waals surface area contributed by atoms with Crippen LogP contribution in [0.4, 0.5) is 0 Å². The van der Waals surface area contributed by atoms with Gasteiger partial charge in [-0.15, -0.1) is 0 Å². The maximum Gasteiger partial charge on any atom is 0.137 e. The SMILES string of the molecule is COc1cccc(CNCc2cc(Br)cc(Br)c2OC)c1. The second-order valence-electron chi connectivity index (χ2n) is 4.54. The molecular formula is C16H17Br2NO2. The van der Waals surface area contributed by atoms with Gasteiger partial charge in [-0.05, 0) is 45.8 Å². The highest BCUT2D eigenvalue weighted by Gasteiger charge is 2.09. The number of rotatable bonds is 6. The van der Waals surface area contributed by atoms with Crippen molar-refractivity contribution < 1.29 is 9.47 Å². The maximum absolute atomic E-state index is 5.44. The molecule has 2 aromatic rings. The molecule has 0 aliphatic carbocycles. The van der Waals surface area contributed by atoms with Crippen LogP contribution in [0.15, 0.2) is 45.3 Å². The lowest BCUT2D eigenvalue weighted by Crippen LogP contribution is -2.13. The van der Waals surface area contributed by atoms with Gasteiger partial charge in [0.15, 0.2) is 0 Å². The summed E-state index contributed by atoms with van der Waals surface area (Å²) in [5.41, 5.74) is 2.28. The number of ether oxygens (including phenoxy) is 2. The third-order valence-corrected chi connectivity index (χ3v) is 4.12. The Labute approximate surface area is 141 Å². The molecule has 2 rings (SSSR count). The minimum atomic E-state index is 0.721. The largest absolute Gasteiger partial charge is 0.497 e. The Balaban J connectivity index is 2.03. The van der Waals surface area contributed by atoms with E-state index >= 15 is 0 Å². The quantitative estimate of drug-likeness (QED) is 0.753. The lowest BCUT2D eigenvalue weighted by molar-refractivity contribution is 0.404. The number of benzene rings is 2. The summed E-state index contributed by atoms with van der Waals surface area (Å²) in [5.74, 6) is 1.73. The molecule has 0 atom stereocenters. The summed E-state index contributed by atoms with van der Waals surface area (Å²) >= 11 is 7.02. The third-order valence-electron chi connectivity index (χ3n) is 3.07. The van der Waals surface area contributed by atoms with E-state index in [1.807, 2.05) is 24.3 Å². The molecule has 1 N–H and O–H groups in total. The number of hydrogen-bond donors (Lipinski definition) is 1. The lowest BCUT2D eigenvalue weighted by Gasteiger charge is -2.12. The van der Waals surface area contributed by atoms with Crippen LogP contribution < -0.4 is 14.8 Å². The van der Waals surface area contributed by atoms with Crippen molar-refractivity contribution in [3.05, 3.63) is 56.5 Å². The maximum atomic E-state index is 5.44. The van der Waals surface area contributed by atoms with Crippen LogP contribution in [-0.2, 0) is 13.1 Å². The Hall–Kier alpha value is -1.04. The van der Waals surface area contributed by atoms with Gasteiger partial charge in [-0.25, -0.2) is 0 Å². The van der Waals surface area contributed by atoms with Crippen LogP contribution in [0, 0.1) is 0 Å². The van der Waals surface area contributed by atoms with Crippen molar-refractivity contribution in [1.29, 1.82) is 0 Å². The van der Waals surface area contributed by atoms with E-state index in [1.165, 1.54) is 5.56 Å². The monoisotopic (exact) mass is 413 g/mol. The minimum Gasteiger partial charge on any atom is -0.497 e. The van der Waals surface area contributed by atoms with Crippen molar-refractivity contribution in [2.45, 2.75) is 13.1 Å². The van der Waals surface area contributed by atoms with E-state index in [9.17, 15) is 0 Å². The molecule has 0 aliphatic heterocycles. The number of methoxy groups -OCH3 is 2. The van der Waals surface area contributed by atoms with Crippen molar-refractivity contribution in [3.63, 3.8) is 0 Å². The lowest BCUT2D eigenvalue weighted by atomic mass is 10.2. The Morgan fingerprint density at radius 3 is 2.52 bits per heavy atom. The molecule has 0 saturated heterocycles. The Morgan fingerprint density at radius 1 is 1.00 bits per heavy atom. The first-order chi connectivity index (χ1) is 10.1. The molecule has 3 nitrogen and oxygen atoms in total. The zero-order valence-corrected chi connectivity index (χ0v) is 15.1. The van der Waals surface area contributed by atoms with Crippen molar-refractivity contribution in [1.82, 2.24) is 5.32 Å². The van der Waals surface area contributed by atoms with Gasteiger partial charge in [-0.3, -0.25) is 0 Å². The molecule has 0 aromatic heterocycles. The zero-order valence-electron chi connectivity index (χ0n) is 12.0. The van der Waals surface area contributed by atoms with Gasteiger partial charge in [-0.2, -0.15) is 0 Å². The highest BCUT2D eigenvalue weighted by atomic mass is 79.9. The summed E-state index contributed by atoms with van der Waals surface area (Å²) in [6, 6.07) is 12.1. The third kappa shape index (κ3) is 4.46. The summed E-state index contributed by atoms with van der Waals surface area (Å²) in [4.78, 5) is 0. The van der Waals surface area contributed by atoms with Crippen molar-refractivity contribution in [3.8, 4) is 11.5 Å². The van der Waals surface area contributed by atoms with Crippen LogP contribution in [-0.4, -0.2) is 14.2 Å². The van der Waals surface area contributed by atoms with E-state index in [2.05, 4.69) is 49.3 Å². The summed E-state index contributed by atoms with van der Waals surface area (Å²) in [6.45, 7) is 1.49. The van der Waals surface area contributed by atoms with Crippen LogP contribution in [0.2, 0.25) is 0 Å². The first kappa shape index (κ1) is 16.3. The van der Waals surface area contributed by atoms with Crippen LogP contribution >= 0.6 is 31.9 Å². The molecule has 0 unspecified atom stereocenters. The molecule has 0 spiro atoms. The molecule has 21 heavy (non-hydrogen) atoms. The highest BCUT2D eigenvalue weighted by molar-refractivity contribution is 9.11. The molecule has 0 aliphatic rings. The molecule has 112 valence electrons. The van der Waals surface area contributed by atoms with Gasteiger partial charge in [0.25, 0.3) is 0 Å². The fourth-order valence-electron chi connectivity index (χ4n) is 2.10. The van der Waals surface area contributed by atoms with E-state index < -0.39 is 0 Å². The Kier molecular flexibility index (Phi) is 6.08. The molecule has 0 amide bonds. The number of halogens is 2. The van der Waals surface area contributed by atoms with Crippen LogP contribution in [0.1, 0.15) is 11.1 Å². The Morgan fingerprint density at radius 2 is 1.81 bits per heavy atom. The van der Waals surface area contributed by atoms with Gasteiger partial charge in [0.1, 0.15) is 11.5 Å². The second-order valence-corrected chi connectivity index (χ2v) is 6.31. The minimum absolute atomic E-state index is 0.721. The first-order valence-corrected chi connectivity index (χ1v) is 8.08. The molecule has 0 heterocycles. The molecular weight excluding hydrogens is 398 g/mol. The van der Waals surface area contributed by atoms with Gasteiger partial charge >= 0.3 is 0 Å². The van der Waals surface area contributed by atoms with Gasteiger partial charge < -0.3 is 14.8 Å². The average Bonchev–Trinajstić information content (AvgIpc) is 2.47. The van der Waals surface area contributed by atoms with E-state index in [0.717, 1.165) is 39.1 Å². The summed E-state index contributed by atoms with van der Waals surface area (Å²) < 4.78 is 12.6. The van der Waals surface area contributed by atoms with Crippen LogP contribution in [0.3, 0.4) is 0 Å². The molecule has 0 fully saturated rings. The van der Waals surface area contributed by atoms with Gasteiger partial charge in [0.2, 0.25) is 0 Å². The van der Waals surface area contributed by atoms with Crippen LogP contribution in [0.5, 0.6) is 11.5 Å². The van der Waals surface area contributed by atoms with Crippen molar-refractivity contribution >= 4 is 31.9 Å². The number of nitrogens with one attached hydrogen (secondary N) is 1. The van der Waals surface area contributed by atoms with Gasteiger partial charge in [0.05, 0.1) is 18.7 Å². The average molecular weight is 415 g/mol. The first-order valence-electron chi connectivity index (χ1n) is 6.49. The van der Waals surface area contributed by atoms with Gasteiger partial charge in [-0.1, -0.05) is 28.1 Å². The van der Waals surface area contributed by atoms with E-state index in [4.69, 9.17) is 9.47 Å². The van der Waals surface area contributed by atoms with Crippen molar-refractivity contribution in [2.24, 2.45) is 0 Å². The Bertz CT molecular complexity index is 617. The topological polar surface area (TPSA) is 30.5 Å². The second kappa shape index (κ2) is 7.82. The van der Waals surface area contributed by atoms with Crippen molar-refractivity contribution in [2.75, 3.05) is 14.2 Å². The summed E-state index contributed by atoms with van der Waals surface area (Å²) in [6.07, 6.45) is 0. The highest BCUT2D eigenvalue weighted by Crippen LogP contribution is 2.32. The van der Waals surface area contributed by atoms with Crippen LogP contribution in [0.25, 0.3) is 0 Å². The molecule has 0 bridgehead atoms. The standard InChI is InChI=1S/C16H17Br2NO2/c1-20-14-5-3-4-11(6-14)9-19-10-12-7-13(17)8-15(18)16(12)21-2/h3-8,19H,9-10H2,1-2H3. The molecule has 0 saturated carbocycles. The predicted molar refractivity (Wildman–Crippen MR) is 91.9 cm³/mol. The smallest absolute Gasteiger partial charge is 0.137 e. The van der Waals surface area contributed by atoms with E-state index in [-0.39, 0.29) is 0 Å². The van der Waals surface area contributed by atoms with E-state index in [0.29, 0.717) is 0 Å². The fourth-order valence-corrected chi connectivity index (χ4v) is 3.57. The summed E-state index contributed by atoms with van der Waals surface area (Å²) in [5, 5.41) is 3.42. The molecule has 5 heteroatoms. The fraction of sp³-hybridized carbons (Fsp3) is 0.250. The summed E-state index contributed by atoms with van der Waals surface area (Å²) in [7, 11) is 3.36. The van der Waals surface area contributed by atoms with E-state index in [1.54, 1.807) is 14.2 Å². The molecule has 2 aromatic carbocycles. The zero-order chi connectivity index (χ0) is 15.2. The predicted octanol–water partition coefficient (Wildman–Crippen LogP) is 4.52. The number of hydrogen-bond acceptors (Lipinski definition) is 3. The molecule has 0 radical (unpaired) electrons. The van der Waals surface area contributed by atoms with Gasteiger partial charge in [0, 0.05) is 23.1 Å². The normalized spacial score (nSPS) is 10.5.